The first-order valence-corrected chi connectivity index (χ1v) is 4.42. The van der Waals surface area contributed by atoms with Crippen LogP contribution in [0.3, 0.4) is 0 Å². The SMILES string of the molecule is CNCC=Cc1c(F)ccc(C)c1F. The van der Waals surface area contributed by atoms with Crippen molar-refractivity contribution >= 4 is 6.08 Å². The van der Waals surface area contributed by atoms with E-state index in [0.29, 0.717) is 12.1 Å². The van der Waals surface area contributed by atoms with Gasteiger partial charge >= 0.3 is 0 Å². The molecule has 0 aliphatic heterocycles. The first-order valence-electron chi connectivity index (χ1n) is 4.42. The first-order chi connectivity index (χ1) is 6.66. The Hall–Kier alpha value is -1.22. The van der Waals surface area contributed by atoms with E-state index < -0.39 is 11.6 Å². The van der Waals surface area contributed by atoms with Crippen molar-refractivity contribution in [2.75, 3.05) is 13.6 Å². The van der Waals surface area contributed by atoms with Gasteiger partial charge in [-0.15, -0.1) is 0 Å². The third-order valence-corrected chi connectivity index (χ3v) is 1.93. The number of hydrogen-bond donors (Lipinski definition) is 1. The molecule has 0 bridgehead atoms. The number of benzene rings is 1. The summed E-state index contributed by atoms with van der Waals surface area (Å²) in [5.74, 6) is -1.02. The maximum absolute atomic E-state index is 13.4. The molecule has 3 heteroatoms. The maximum Gasteiger partial charge on any atom is 0.136 e. The smallest absolute Gasteiger partial charge is 0.136 e. The normalized spacial score (nSPS) is 11.1. The first kappa shape index (κ1) is 10.9. The molecule has 0 saturated carbocycles. The molecule has 0 atom stereocenters. The molecule has 0 saturated heterocycles. The summed E-state index contributed by atoms with van der Waals surface area (Å²) >= 11 is 0. The van der Waals surface area contributed by atoms with Gasteiger partial charge in [0.1, 0.15) is 11.6 Å². The highest BCUT2D eigenvalue weighted by Crippen LogP contribution is 2.17. The van der Waals surface area contributed by atoms with Crippen molar-refractivity contribution in [1.82, 2.24) is 5.32 Å². The quantitative estimate of drug-likeness (QED) is 0.785. The highest BCUT2D eigenvalue weighted by Gasteiger charge is 2.07. The minimum Gasteiger partial charge on any atom is -0.316 e. The Bertz CT molecular complexity index is 345. The van der Waals surface area contributed by atoms with Gasteiger partial charge in [-0.2, -0.15) is 0 Å². The Morgan fingerprint density at radius 3 is 2.71 bits per heavy atom. The number of likely N-dealkylation sites (N-methyl/N-ethyl adjacent to an activating group) is 1. The molecule has 1 rings (SSSR count). The van der Waals surface area contributed by atoms with Crippen LogP contribution >= 0.6 is 0 Å². The van der Waals surface area contributed by atoms with Gasteiger partial charge < -0.3 is 5.32 Å². The highest BCUT2D eigenvalue weighted by molar-refractivity contribution is 5.52. The lowest BCUT2D eigenvalue weighted by molar-refractivity contribution is 0.573. The van der Waals surface area contributed by atoms with Crippen molar-refractivity contribution in [3.63, 3.8) is 0 Å². The fraction of sp³-hybridized carbons (Fsp3) is 0.273. The molecule has 1 N–H and O–H groups in total. The van der Waals surface area contributed by atoms with Gasteiger partial charge in [0.15, 0.2) is 0 Å². The van der Waals surface area contributed by atoms with Crippen LogP contribution in [0.2, 0.25) is 0 Å². The topological polar surface area (TPSA) is 12.0 Å². The summed E-state index contributed by atoms with van der Waals surface area (Å²) in [6.45, 7) is 2.21. The Morgan fingerprint density at radius 2 is 2.07 bits per heavy atom. The molecule has 1 aromatic carbocycles. The minimum atomic E-state index is -0.527. The minimum absolute atomic E-state index is 0.0280. The lowest BCUT2D eigenvalue weighted by atomic mass is 10.1. The molecule has 0 heterocycles. The fourth-order valence-corrected chi connectivity index (χ4v) is 1.13. The van der Waals surface area contributed by atoms with Crippen LogP contribution in [0.1, 0.15) is 11.1 Å². The van der Waals surface area contributed by atoms with Crippen molar-refractivity contribution in [3.05, 3.63) is 41.0 Å². The number of hydrogen-bond acceptors (Lipinski definition) is 1. The Morgan fingerprint density at radius 1 is 1.36 bits per heavy atom. The van der Waals surface area contributed by atoms with Gasteiger partial charge in [0.05, 0.1) is 0 Å². The van der Waals surface area contributed by atoms with E-state index in [4.69, 9.17) is 0 Å². The van der Waals surface area contributed by atoms with E-state index in [9.17, 15) is 8.78 Å². The average molecular weight is 197 g/mol. The standard InChI is InChI=1S/C11H13F2N/c1-8-5-6-10(12)9(11(8)13)4-3-7-14-2/h3-6,14H,7H2,1-2H3. The molecular weight excluding hydrogens is 184 g/mol. The zero-order valence-electron chi connectivity index (χ0n) is 8.27. The molecule has 1 nitrogen and oxygen atoms in total. The summed E-state index contributed by atoms with van der Waals surface area (Å²) in [7, 11) is 1.77. The molecular formula is C11H13F2N. The summed E-state index contributed by atoms with van der Waals surface area (Å²) in [5.41, 5.74) is 0.482. The van der Waals surface area contributed by atoms with E-state index in [0.717, 1.165) is 0 Å². The van der Waals surface area contributed by atoms with Crippen molar-refractivity contribution in [2.24, 2.45) is 0 Å². The molecule has 14 heavy (non-hydrogen) atoms. The van der Waals surface area contributed by atoms with Crippen molar-refractivity contribution < 1.29 is 8.78 Å². The zero-order valence-corrected chi connectivity index (χ0v) is 8.27. The Kier molecular flexibility index (Phi) is 3.77. The lowest BCUT2D eigenvalue weighted by Crippen LogP contribution is -2.04. The van der Waals surface area contributed by atoms with Gasteiger partial charge in [-0.3, -0.25) is 0 Å². The number of nitrogens with one attached hydrogen (secondary N) is 1. The van der Waals surface area contributed by atoms with Crippen LogP contribution in [0.5, 0.6) is 0 Å². The van der Waals surface area contributed by atoms with Crippen LogP contribution in [-0.4, -0.2) is 13.6 Å². The van der Waals surface area contributed by atoms with Gasteiger partial charge in [-0.05, 0) is 25.6 Å². The third kappa shape index (κ3) is 2.39. The summed E-state index contributed by atoms with van der Waals surface area (Å²) in [6.07, 6.45) is 3.13. The predicted molar refractivity (Wildman–Crippen MR) is 54.1 cm³/mol. The summed E-state index contributed by atoms with van der Waals surface area (Å²) < 4.78 is 26.5. The monoisotopic (exact) mass is 197 g/mol. The van der Waals surface area contributed by atoms with E-state index in [2.05, 4.69) is 5.32 Å². The number of rotatable bonds is 3. The summed E-state index contributed by atoms with van der Waals surface area (Å²) in [6, 6.07) is 2.71. The van der Waals surface area contributed by atoms with E-state index in [1.165, 1.54) is 18.2 Å². The van der Waals surface area contributed by atoms with Crippen LogP contribution in [0.15, 0.2) is 18.2 Å². The summed E-state index contributed by atoms with van der Waals surface area (Å²) in [5, 5.41) is 2.86. The van der Waals surface area contributed by atoms with Gasteiger partial charge in [0.2, 0.25) is 0 Å². The Labute approximate surface area is 82.4 Å². The van der Waals surface area contributed by atoms with Crippen molar-refractivity contribution in [2.45, 2.75) is 6.92 Å². The van der Waals surface area contributed by atoms with Crippen LogP contribution in [0.25, 0.3) is 6.08 Å². The van der Waals surface area contributed by atoms with Gasteiger partial charge in [-0.25, -0.2) is 8.78 Å². The van der Waals surface area contributed by atoms with E-state index >= 15 is 0 Å². The van der Waals surface area contributed by atoms with Crippen LogP contribution in [-0.2, 0) is 0 Å². The molecule has 0 spiro atoms. The second kappa shape index (κ2) is 4.86. The molecule has 0 aliphatic carbocycles. The molecule has 1 aromatic rings. The average Bonchev–Trinajstić information content (AvgIpc) is 2.18. The molecule has 0 aliphatic rings. The van der Waals surface area contributed by atoms with Crippen molar-refractivity contribution in [3.8, 4) is 0 Å². The third-order valence-electron chi connectivity index (χ3n) is 1.93. The van der Waals surface area contributed by atoms with Crippen LogP contribution in [0, 0.1) is 18.6 Å². The molecule has 0 unspecified atom stereocenters. The molecule has 0 amide bonds. The largest absolute Gasteiger partial charge is 0.316 e. The number of halogens is 2. The molecule has 0 fully saturated rings. The second-order valence-electron chi connectivity index (χ2n) is 3.05. The summed E-state index contributed by atoms with van der Waals surface area (Å²) in [4.78, 5) is 0. The Balaban J connectivity index is 3.00. The van der Waals surface area contributed by atoms with Gasteiger partial charge in [-0.1, -0.05) is 18.2 Å². The highest BCUT2D eigenvalue weighted by atomic mass is 19.1. The number of aryl methyl sites for hydroxylation is 1. The van der Waals surface area contributed by atoms with E-state index in [-0.39, 0.29) is 5.56 Å². The lowest BCUT2D eigenvalue weighted by Gasteiger charge is -2.02. The zero-order chi connectivity index (χ0) is 10.6. The van der Waals surface area contributed by atoms with Gasteiger partial charge in [0, 0.05) is 12.1 Å². The fourth-order valence-electron chi connectivity index (χ4n) is 1.13. The molecule has 0 aromatic heterocycles. The van der Waals surface area contributed by atoms with Gasteiger partial charge in [0.25, 0.3) is 0 Å². The molecule has 0 radical (unpaired) electrons. The van der Waals surface area contributed by atoms with Crippen molar-refractivity contribution in [1.29, 1.82) is 0 Å². The maximum atomic E-state index is 13.4. The van der Waals surface area contributed by atoms with E-state index in [1.807, 2.05) is 0 Å². The van der Waals surface area contributed by atoms with Crippen LogP contribution < -0.4 is 5.32 Å². The predicted octanol–water partition coefficient (Wildman–Crippen LogP) is 2.51. The second-order valence-corrected chi connectivity index (χ2v) is 3.05. The van der Waals surface area contributed by atoms with Crippen LogP contribution in [0.4, 0.5) is 8.78 Å². The van der Waals surface area contributed by atoms with E-state index in [1.54, 1.807) is 20.0 Å². The molecule has 76 valence electrons.